The first-order valence-electron chi connectivity index (χ1n) is 18.6. The molecule has 10 rings (SSSR count). The zero-order valence-electron chi connectivity index (χ0n) is 29.8. The van der Waals surface area contributed by atoms with Crippen LogP contribution in [0.5, 0.6) is 11.6 Å². The maximum absolute atomic E-state index is 14.6. The largest absolute Gasteiger partial charge is 0.504 e. The highest BCUT2D eigenvalue weighted by Gasteiger charge is 2.70. The molecule has 4 aromatic heterocycles. The van der Waals surface area contributed by atoms with Gasteiger partial charge in [-0.05, 0) is 75.7 Å². The Kier molecular flexibility index (Phi) is 7.56. The number of methoxy groups -OCH3 is 1. The number of hydrogen-bond acceptors (Lipinski definition) is 11. The van der Waals surface area contributed by atoms with Crippen molar-refractivity contribution >= 4 is 28.7 Å². The molecule has 2 atom stereocenters. The summed E-state index contributed by atoms with van der Waals surface area (Å²) in [5.41, 5.74) is 2.63. The number of aromatic nitrogens is 7. The van der Waals surface area contributed by atoms with Crippen molar-refractivity contribution < 1.29 is 19.4 Å². The van der Waals surface area contributed by atoms with Crippen LogP contribution >= 0.6 is 0 Å². The molecule has 52 heavy (non-hydrogen) atoms. The van der Waals surface area contributed by atoms with Crippen LogP contribution in [0.2, 0.25) is 0 Å². The Labute approximate surface area is 300 Å². The molecule has 0 unspecified atom stereocenters. The molecule has 6 fully saturated rings. The molecule has 272 valence electrons. The zero-order chi connectivity index (χ0) is 35.9. The number of amides is 2. The predicted molar refractivity (Wildman–Crippen MR) is 190 cm³/mol. The number of ether oxygens (including phenoxy) is 1. The lowest BCUT2D eigenvalue weighted by Gasteiger charge is -2.73. The van der Waals surface area contributed by atoms with Crippen LogP contribution in [-0.4, -0.2) is 94.2 Å². The fourth-order valence-corrected chi connectivity index (χ4v) is 10.2. The van der Waals surface area contributed by atoms with E-state index in [0.717, 1.165) is 38.0 Å². The van der Waals surface area contributed by atoms with E-state index in [1.807, 2.05) is 11.5 Å². The first-order chi connectivity index (χ1) is 25.1. The Hall–Kier alpha value is -5.08. The molecule has 15 nitrogen and oxygen atoms in total. The van der Waals surface area contributed by atoms with Gasteiger partial charge in [0.05, 0.1) is 24.5 Å². The molecular formula is C37H44N10O5. The zero-order valence-corrected chi connectivity index (χ0v) is 29.8. The van der Waals surface area contributed by atoms with E-state index in [1.165, 1.54) is 43.9 Å². The highest BCUT2D eigenvalue weighted by molar-refractivity contribution is 5.95. The quantitative estimate of drug-likeness (QED) is 0.262. The molecule has 0 radical (unpaired) electrons. The van der Waals surface area contributed by atoms with Crippen LogP contribution in [0.1, 0.15) is 86.6 Å². The van der Waals surface area contributed by atoms with Gasteiger partial charge in [0.2, 0.25) is 17.2 Å². The summed E-state index contributed by atoms with van der Waals surface area (Å²) in [6, 6.07) is 3.12. The van der Waals surface area contributed by atoms with Gasteiger partial charge in [-0.1, -0.05) is 19.8 Å². The molecule has 6 aliphatic rings. The van der Waals surface area contributed by atoms with E-state index in [9.17, 15) is 19.5 Å². The molecule has 0 aromatic carbocycles. The monoisotopic (exact) mass is 708 g/mol. The smallest absolute Gasteiger partial charge is 0.276 e. The van der Waals surface area contributed by atoms with E-state index in [-0.39, 0.29) is 58.4 Å². The highest BCUT2D eigenvalue weighted by atomic mass is 16.5. The van der Waals surface area contributed by atoms with Gasteiger partial charge in [-0.3, -0.25) is 14.4 Å². The minimum absolute atomic E-state index is 0.00236. The molecular weight excluding hydrogens is 664 g/mol. The third-order valence-electron chi connectivity index (χ3n) is 12.7. The molecule has 5 aliphatic carbocycles. The molecule has 2 N–H and O–H groups in total. The lowest BCUT2D eigenvalue weighted by molar-refractivity contribution is -0.192. The third kappa shape index (κ3) is 4.90. The summed E-state index contributed by atoms with van der Waals surface area (Å²) < 4.78 is 7.20. The molecule has 1 saturated heterocycles. The lowest BCUT2D eigenvalue weighted by Crippen LogP contribution is -2.76. The van der Waals surface area contributed by atoms with Gasteiger partial charge in [0.25, 0.3) is 5.91 Å². The van der Waals surface area contributed by atoms with Gasteiger partial charge in [-0.15, -0.1) is 15.0 Å². The van der Waals surface area contributed by atoms with Crippen molar-refractivity contribution in [2.75, 3.05) is 25.1 Å². The Morgan fingerprint density at radius 3 is 2.52 bits per heavy atom. The third-order valence-corrected chi connectivity index (χ3v) is 12.7. The van der Waals surface area contributed by atoms with Crippen molar-refractivity contribution in [2.45, 2.75) is 102 Å². The fourth-order valence-electron chi connectivity index (χ4n) is 10.2. The van der Waals surface area contributed by atoms with Crippen LogP contribution in [0.3, 0.4) is 0 Å². The number of hydrogen-bond donors (Lipinski definition) is 2. The Morgan fingerprint density at radius 1 is 1.04 bits per heavy atom. The van der Waals surface area contributed by atoms with Gasteiger partial charge in [0.15, 0.2) is 22.6 Å². The van der Waals surface area contributed by atoms with E-state index in [2.05, 4.69) is 25.2 Å². The first kappa shape index (κ1) is 32.8. The lowest BCUT2D eigenvalue weighted by atomic mass is 9.35. The summed E-state index contributed by atoms with van der Waals surface area (Å²) in [4.78, 5) is 59.8. The molecule has 2 amide bonds. The van der Waals surface area contributed by atoms with Crippen molar-refractivity contribution in [1.82, 2.24) is 44.7 Å². The number of fused-ring (bicyclic) bond motifs is 2. The fraction of sp³-hybridized carbons (Fsp3) is 0.568. The van der Waals surface area contributed by atoms with E-state index in [4.69, 9.17) is 14.9 Å². The number of carbonyl (C=O) groups is 2. The van der Waals surface area contributed by atoms with Gasteiger partial charge in [-0.25, -0.2) is 15.0 Å². The van der Waals surface area contributed by atoms with Crippen LogP contribution in [0.15, 0.2) is 29.5 Å². The Morgan fingerprint density at radius 2 is 1.81 bits per heavy atom. The van der Waals surface area contributed by atoms with Crippen LogP contribution in [0, 0.1) is 18.3 Å². The standard InChI is InChI=1S/C37H44N10O5/c1-4-24-31(44-13-14-45(26-10-9-25(26)44)35(51)30-32(49)21(2)39-20-40-30)33(50)29-34(43-47(42-29)23-11-12-38-28(15-23)52-3)46(24)16-27(48)41-37-17-36(18-37,19-37)22-7-5-6-8-22/h11-12,15,20,22,25-26,49H,4-10,13-14,16-19H2,1-3H3,(H,41,48)/t25-,26-,36?,37?/m0/s1. The van der Waals surface area contributed by atoms with Gasteiger partial charge in [-0.2, -0.15) is 0 Å². The van der Waals surface area contributed by atoms with Crippen LogP contribution in [0.25, 0.3) is 16.9 Å². The van der Waals surface area contributed by atoms with E-state index < -0.39 is 0 Å². The number of pyridine rings is 2. The summed E-state index contributed by atoms with van der Waals surface area (Å²) in [5, 5.41) is 23.5. The van der Waals surface area contributed by atoms with E-state index >= 15 is 0 Å². The number of carbonyl (C=O) groups excluding carboxylic acids is 2. The van der Waals surface area contributed by atoms with Crippen molar-refractivity contribution in [3.8, 4) is 17.3 Å². The van der Waals surface area contributed by atoms with Crippen molar-refractivity contribution in [1.29, 1.82) is 0 Å². The van der Waals surface area contributed by atoms with E-state index in [1.54, 1.807) is 30.2 Å². The van der Waals surface area contributed by atoms with Crippen molar-refractivity contribution in [2.24, 2.45) is 11.3 Å². The second-order valence-corrected chi connectivity index (χ2v) is 15.5. The number of anilines is 1. The van der Waals surface area contributed by atoms with Gasteiger partial charge in [0, 0.05) is 42.6 Å². The summed E-state index contributed by atoms with van der Waals surface area (Å²) in [7, 11) is 1.53. The van der Waals surface area contributed by atoms with Crippen LogP contribution in [0.4, 0.5) is 5.69 Å². The SMILES string of the molecule is CCc1c(N2CCN(C(=O)c3ncnc(C)c3O)[C@H]3CC[C@@H]32)c(=O)c2nn(-c3ccnc(OC)c3)nc2n1CC(=O)NC12CC(C3CCCC3)(C1)C2. The summed E-state index contributed by atoms with van der Waals surface area (Å²) >= 11 is 0. The minimum Gasteiger partial charge on any atom is -0.504 e. The molecule has 4 aromatic rings. The molecule has 1 aliphatic heterocycles. The van der Waals surface area contributed by atoms with Crippen LogP contribution < -0.4 is 20.4 Å². The predicted octanol–water partition coefficient (Wildman–Crippen LogP) is 3.07. The van der Waals surface area contributed by atoms with Gasteiger partial charge >= 0.3 is 0 Å². The van der Waals surface area contributed by atoms with Crippen molar-refractivity contribution in [3.05, 3.63) is 52.0 Å². The molecule has 0 spiro atoms. The van der Waals surface area contributed by atoms with E-state index in [0.29, 0.717) is 59.2 Å². The van der Waals surface area contributed by atoms with Gasteiger partial charge in [0.1, 0.15) is 18.6 Å². The van der Waals surface area contributed by atoms with Gasteiger partial charge < -0.3 is 29.5 Å². The molecule has 2 bridgehead atoms. The number of nitrogens with one attached hydrogen (secondary N) is 1. The maximum atomic E-state index is 14.6. The highest BCUT2D eigenvalue weighted by Crippen LogP contribution is 2.72. The second kappa shape index (κ2) is 12.0. The molecule has 5 saturated carbocycles. The summed E-state index contributed by atoms with van der Waals surface area (Å²) in [6.45, 7) is 4.34. The maximum Gasteiger partial charge on any atom is 0.276 e. The molecule has 15 heteroatoms. The number of aromatic hydroxyl groups is 1. The number of rotatable bonds is 9. The normalized spacial score (nSPS) is 26.4. The number of aryl methyl sites for hydroxylation is 1. The number of piperazine rings is 1. The topological polar surface area (TPSA) is 173 Å². The Balaban J connectivity index is 1.07. The first-order valence-corrected chi connectivity index (χ1v) is 18.6. The average Bonchev–Trinajstić information content (AvgIpc) is 3.80. The summed E-state index contributed by atoms with van der Waals surface area (Å²) in [5.74, 6) is 0.515. The average molecular weight is 709 g/mol. The second-order valence-electron chi connectivity index (χ2n) is 15.5. The van der Waals surface area contributed by atoms with Crippen LogP contribution in [-0.2, 0) is 17.8 Å². The summed E-state index contributed by atoms with van der Waals surface area (Å²) in [6.07, 6.45) is 13.3. The van der Waals surface area contributed by atoms with Crippen molar-refractivity contribution in [3.63, 3.8) is 0 Å². The Bertz CT molecular complexity index is 2150. The molecule has 5 heterocycles. The minimum atomic E-state index is -0.350. The number of nitrogens with zero attached hydrogens (tertiary/aromatic N) is 9.